The number of fused-ring (bicyclic) bond motifs is 1. The predicted molar refractivity (Wildman–Crippen MR) is 96.7 cm³/mol. The van der Waals surface area contributed by atoms with Crippen molar-refractivity contribution in [3.8, 4) is 11.5 Å². The van der Waals surface area contributed by atoms with Crippen molar-refractivity contribution in [2.75, 3.05) is 11.9 Å². The number of benzene rings is 2. The Morgan fingerprint density at radius 2 is 1.85 bits per heavy atom. The van der Waals surface area contributed by atoms with Crippen LogP contribution >= 0.6 is 11.6 Å². The average molecular weight is 376 g/mol. The van der Waals surface area contributed by atoms with Crippen molar-refractivity contribution < 1.29 is 23.8 Å². The van der Waals surface area contributed by atoms with Crippen molar-refractivity contribution in [3.05, 3.63) is 53.1 Å². The number of carbonyl (C=O) groups is 2. The van der Waals surface area contributed by atoms with E-state index >= 15 is 0 Å². The normalized spacial score (nSPS) is 18.1. The number of ether oxygens (including phenoxy) is 3. The second-order valence-corrected chi connectivity index (χ2v) is 6.35. The van der Waals surface area contributed by atoms with Gasteiger partial charge in [-0.1, -0.05) is 29.8 Å². The van der Waals surface area contributed by atoms with Gasteiger partial charge >= 0.3 is 5.97 Å². The topological polar surface area (TPSA) is 73.9 Å². The molecule has 6 nitrogen and oxygen atoms in total. The monoisotopic (exact) mass is 375 g/mol. The Labute approximate surface area is 156 Å². The third kappa shape index (κ3) is 4.08. The van der Waals surface area contributed by atoms with E-state index in [1.54, 1.807) is 37.3 Å². The lowest BCUT2D eigenvalue weighted by Gasteiger charge is -2.30. The summed E-state index contributed by atoms with van der Waals surface area (Å²) in [6, 6.07) is 12.3. The molecule has 0 saturated carbocycles. The molecule has 2 aromatic rings. The summed E-state index contributed by atoms with van der Waals surface area (Å²) in [4.78, 5) is 24.3. The number of anilines is 1. The number of esters is 1. The van der Waals surface area contributed by atoms with Crippen LogP contribution in [0.15, 0.2) is 42.5 Å². The molecule has 2 unspecified atom stereocenters. The quantitative estimate of drug-likeness (QED) is 0.829. The molecule has 1 aliphatic rings. The van der Waals surface area contributed by atoms with E-state index in [0.29, 0.717) is 22.2 Å². The summed E-state index contributed by atoms with van der Waals surface area (Å²) in [5.74, 6) is -0.134. The molecule has 2 aromatic carbocycles. The van der Waals surface area contributed by atoms with Gasteiger partial charge in [0, 0.05) is 0 Å². The van der Waals surface area contributed by atoms with E-state index in [4.69, 9.17) is 25.8 Å². The summed E-state index contributed by atoms with van der Waals surface area (Å²) in [5.41, 5.74) is 1.43. The summed E-state index contributed by atoms with van der Waals surface area (Å²) in [6.07, 6.45) is -1.48. The van der Waals surface area contributed by atoms with Crippen molar-refractivity contribution in [2.45, 2.75) is 26.1 Å². The number of hydrogen-bond donors (Lipinski definition) is 1. The zero-order valence-corrected chi connectivity index (χ0v) is 15.1. The second kappa shape index (κ2) is 7.66. The Morgan fingerprint density at radius 3 is 2.54 bits per heavy atom. The summed E-state index contributed by atoms with van der Waals surface area (Å²) in [5, 5.41) is 3.02. The van der Waals surface area contributed by atoms with Crippen LogP contribution in [0.4, 0.5) is 5.69 Å². The Balaban J connectivity index is 1.56. The molecule has 2 atom stereocenters. The molecule has 136 valence electrons. The van der Waals surface area contributed by atoms with E-state index in [1.807, 2.05) is 19.1 Å². The molecule has 0 aromatic heterocycles. The van der Waals surface area contributed by atoms with Crippen LogP contribution in [0.1, 0.15) is 12.5 Å². The van der Waals surface area contributed by atoms with Crippen LogP contribution in [-0.2, 0) is 14.3 Å². The number of hydrogen-bond acceptors (Lipinski definition) is 5. The van der Waals surface area contributed by atoms with Crippen LogP contribution in [0.25, 0.3) is 0 Å². The molecule has 0 fully saturated rings. The molecular formula is C19H18ClNO5. The van der Waals surface area contributed by atoms with Gasteiger partial charge in [0.25, 0.3) is 5.91 Å². The number of rotatable bonds is 4. The van der Waals surface area contributed by atoms with E-state index in [2.05, 4.69) is 5.32 Å². The second-order valence-electron chi connectivity index (χ2n) is 5.95. The van der Waals surface area contributed by atoms with Crippen LogP contribution in [0.3, 0.4) is 0 Å². The van der Waals surface area contributed by atoms with Gasteiger partial charge in [-0.15, -0.1) is 0 Å². The van der Waals surface area contributed by atoms with Gasteiger partial charge in [0.2, 0.25) is 6.10 Å². The summed E-state index contributed by atoms with van der Waals surface area (Å²) < 4.78 is 16.4. The fourth-order valence-electron chi connectivity index (χ4n) is 2.51. The highest BCUT2D eigenvalue weighted by Crippen LogP contribution is 2.33. The summed E-state index contributed by atoms with van der Waals surface area (Å²) in [7, 11) is 0. The van der Waals surface area contributed by atoms with E-state index in [1.165, 1.54) is 0 Å². The van der Waals surface area contributed by atoms with Gasteiger partial charge in [-0.3, -0.25) is 4.79 Å². The van der Waals surface area contributed by atoms with E-state index in [9.17, 15) is 9.59 Å². The molecule has 0 aliphatic carbocycles. The highest BCUT2D eigenvalue weighted by Gasteiger charge is 2.35. The van der Waals surface area contributed by atoms with Gasteiger partial charge in [-0.05, 0) is 43.7 Å². The fourth-order valence-corrected chi connectivity index (χ4v) is 2.79. The molecule has 3 rings (SSSR count). The van der Waals surface area contributed by atoms with Crippen LogP contribution < -0.4 is 14.8 Å². The first-order valence-electron chi connectivity index (χ1n) is 8.09. The lowest BCUT2D eigenvalue weighted by atomic mass is 10.2. The van der Waals surface area contributed by atoms with Gasteiger partial charge in [0.1, 0.15) is 6.10 Å². The Morgan fingerprint density at radius 1 is 1.15 bits per heavy atom. The van der Waals surface area contributed by atoms with Crippen LogP contribution in [0.5, 0.6) is 11.5 Å². The van der Waals surface area contributed by atoms with Crippen LogP contribution in [-0.4, -0.2) is 30.7 Å². The van der Waals surface area contributed by atoms with Gasteiger partial charge < -0.3 is 19.5 Å². The Hall–Kier alpha value is -2.73. The van der Waals surface area contributed by atoms with Crippen molar-refractivity contribution in [2.24, 2.45) is 0 Å². The number of amides is 1. The molecule has 0 bridgehead atoms. The minimum absolute atomic E-state index is 0.416. The zero-order chi connectivity index (χ0) is 18.7. The third-order valence-electron chi connectivity index (χ3n) is 3.82. The molecule has 1 aliphatic heterocycles. The molecule has 0 radical (unpaired) electrons. The SMILES string of the molecule is Cc1ccc(NC(=O)COC(=O)C2Oc3ccccc3OC2C)c(Cl)c1. The average Bonchev–Trinajstić information content (AvgIpc) is 2.61. The number of carbonyl (C=O) groups excluding carboxylic acids is 2. The predicted octanol–water partition coefficient (Wildman–Crippen LogP) is 3.36. The smallest absolute Gasteiger partial charge is 0.351 e. The molecule has 7 heteroatoms. The first kappa shape index (κ1) is 18.1. The standard InChI is InChI=1S/C19H18ClNO5/c1-11-7-8-14(13(20)9-11)21-17(22)10-24-19(23)18-12(2)25-15-5-3-4-6-16(15)26-18/h3-9,12,18H,10H2,1-2H3,(H,21,22). The van der Waals surface area contributed by atoms with Gasteiger partial charge in [-0.25, -0.2) is 4.79 Å². The van der Waals surface area contributed by atoms with E-state index in [0.717, 1.165) is 5.56 Å². The van der Waals surface area contributed by atoms with Gasteiger partial charge in [0.05, 0.1) is 10.7 Å². The fraction of sp³-hybridized carbons (Fsp3) is 0.263. The van der Waals surface area contributed by atoms with Gasteiger partial charge in [0.15, 0.2) is 18.1 Å². The number of para-hydroxylation sites is 2. The Kier molecular flexibility index (Phi) is 5.32. The first-order chi connectivity index (χ1) is 12.4. The molecule has 0 spiro atoms. The van der Waals surface area contributed by atoms with E-state index < -0.39 is 30.7 Å². The lowest BCUT2D eigenvalue weighted by Crippen LogP contribution is -2.45. The van der Waals surface area contributed by atoms with Gasteiger partial charge in [-0.2, -0.15) is 0 Å². The molecular weight excluding hydrogens is 358 g/mol. The number of aryl methyl sites for hydroxylation is 1. The van der Waals surface area contributed by atoms with Crippen LogP contribution in [0.2, 0.25) is 5.02 Å². The minimum Gasteiger partial charge on any atom is -0.482 e. The maximum Gasteiger partial charge on any atom is 0.351 e. The summed E-state index contributed by atoms with van der Waals surface area (Å²) in [6.45, 7) is 3.15. The van der Waals surface area contributed by atoms with Crippen molar-refractivity contribution in [3.63, 3.8) is 0 Å². The Bertz CT molecular complexity index is 838. The molecule has 1 N–H and O–H groups in total. The number of nitrogens with one attached hydrogen (secondary N) is 1. The number of halogens is 1. The molecule has 0 saturated heterocycles. The third-order valence-corrected chi connectivity index (χ3v) is 4.13. The maximum atomic E-state index is 12.3. The molecule has 1 amide bonds. The summed E-state index contributed by atoms with van der Waals surface area (Å²) >= 11 is 6.07. The maximum absolute atomic E-state index is 12.3. The van der Waals surface area contributed by atoms with Crippen molar-refractivity contribution in [1.82, 2.24) is 0 Å². The van der Waals surface area contributed by atoms with Crippen molar-refractivity contribution >= 4 is 29.2 Å². The minimum atomic E-state index is -0.944. The first-order valence-corrected chi connectivity index (χ1v) is 8.47. The van der Waals surface area contributed by atoms with Crippen LogP contribution in [0, 0.1) is 6.92 Å². The molecule has 26 heavy (non-hydrogen) atoms. The highest BCUT2D eigenvalue weighted by molar-refractivity contribution is 6.33. The zero-order valence-electron chi connectivity index (χ0n) is 14.3. The largest absolute Gasteiger partial charge is 0.482 e. The highest BCUT2D eigenvalue weighted by atomic mass is 35.5. The lowest BCUT2D eigenvalue weighted by molar-refractivity contribution is -0.159. The van der Waals surface area contributed by atoms with Crippen molar-refractivity contribution in [1.29, 1.82) is 0 Å². The molecule has 1 heterocycles. The van der Waals surface area contributed by atoms with E-state index in [-0.39, 0.29) is 0 Å².